The van der Waals surface area contributed by atoms with Crippen molar-refractivity contribution < 1.29 is 43.3 Å². The molecule has 3 aromatic carbocycles. The first kappa shape index (κ1) is 55.4. The van der Waals surface area contributed by atoms with E-state index in [1.54, 1.807) is 0 Å². The molecule has 0 radical (unpaired) electrons. The van der Waals surface area contributed by atoms with E-state index in [1.165, 1.54) is 83.5 Å². The largest absolute Gasteiger partial charge is 0.457 e. The predicted octanol–water partition coefficient (Wildman–Crippen LogP) is 11.1. The Balaban J connectivity index is 1.42. The van der Waals surface area contributed by atoms with Crippen LogP contribution >= 0.6 is 8.15 Å². The van der Waals surface area contributed by atoms with Crippen molar-refractivity contribution in [3.63, 3.8) is 0 Å². The van der Waals surface area contributed by atoms with E-state index in [4.69, 9.17) is 23.5 Å². The number of unbranched alkanes of at least 4 members (excludes halogenated alkanes) is 18. The molecule has 0 saturated carbocycles. The van der Waals surface area contributed by atoms with Crippen LogP contribution in [0.4, 0.5) is 0 Å². The molecule has 0 spiro atoms. The molecular weight excluding hydrogens is 850 g/mol. The molecule has 11 heteroatoms. The highest BCUT2D eigenvalue weighted by molar-refractivity contribution is 7.68. The van der Waals surface area contributed by atoms with Gasteiger partial charge in [-0.15, -0.1) is 0 Å². The monoisotopic (exact) mass is 934 g/mol. The van der Waals surface area contributed by atoms with Crippen LogP contribution in [0.15, 0.2) is 91.0 Å². The number of amides is 1. The molecule has 3 N–H and O–H groups in total. The Hall–Kier alpha value is -3.21. The summed E-state index contributed by atoms with van der Waals surface area (Å²) < 4.78 is 31.4. The molecule has 6 atom stereocenters. The molecule has 1 aliphatic heterocycles. The van der Waals surface area contributed by atoms with Gasteiger partial charge >= 0.3 is 5.97 Å². The highest BCUT2D eigenvalue weighted by Gasteiger charge is 2.48. The number of hydrogen-bond donors (Lipinski definition) is 3. The third kappa shape index (κ3) is 22.3. The molecule has 1 saturated heterocycles. The Labute approximate surface area is 399 Å². The van der Waals surface area contributed by atoms with Gasteiger partial charge in [0, 0.05) is 17.0 Å². The minimum atomic E-state index is -1.41. The molecule has 1 heterocycles. The third-order valence-corrected chi connectivity index (χ3v) is 14.3. The smallest absolute Gasteiger partial charge is 0.306 e. The molecule has 10 nitrogen and oxygen atoms in total. The fourth-order valence-electron chi connectivity index (χ4n) is 8.53. The fourth-order valence-corrected chi connectivity index (χ4v) is 10.3. The summed E-state index contributed by atoms with van der Waals surface area (Å²) in [5, 5.41) is 27.1. The summed E-state index contributed by atoms with van der Waals surface area (Å²) in [6.07, 6.45) is 19.2. The van der Waals surface area contributed by atoms with Crippen molar-refractivity contribution >= 4 is 30.6 Å². The van der Waals surface area contributed by atoms with Crippen molar-refractivity contribution in [1.82, 2.24) is 5.32 Å². The number of benzene rings is 3. The van der Waals surface area contributed by atoms with Gasteiger partial charge < -0.3 is 39.0 Å². The molecule has 1 aliphatic rings. The van der Waals surface area contributed by atoms with Crippen LogP contribution in [0.2, 0.25) is 0 Å². The lowest BCUT2D eigenvalue weighted by molar-refractivity contribution is -0.274. The summed E-state index contributed by atoms with van der Waals surface area (Å²) in [5.74, 6) is -0.805. The fraction of sp³-hybridized carbons (Fsp3) is 0.636. The third-order valence-electron chi connectivity index (χ3n) is 12.4. The number of ether oxygens (including phenoxy) is 4. The van der Waals surface area contributed by atoms with Crippen LogP contribution in [0, 0.1) is 0 Å². The summed E-state index contributed by atoms with van der Waals surface area (Å²) in [4.78, 5) is 27.6. The Morgan fingerprint density at radius 1 is 0.667 bits per heavy atom. The molecule has 368 valence electrons. The zero-order chi connectivity index (χ0) is 46.9. The number of aliphatic hydroxyl groups excluding tert-OH is 2. The number of carbonyl (C=O) groups is 2. The zero-order valence-corrected chi connectivity index (χ0v) is 41.3. The van der Waals surface area contributed by atoms with Gasteiger partial charge in [-0.3, -0.25) is 9.59 Å². The van der Waals surface area contributed by atoms with E-state index in [9.17, 15) is 19.8 Å². The molecule has 66 heavy (non-hydrogen) atoms. The molecule has 0 unspecified atom stereocenters. The Bertz CT molecular complexity index is 1610. The summed E-state index contributed by atoms with van der Waals surface area (Å²) in [5.41, 5.74) is 1.03. The number of aliphatic hydroxyl groups is 2. The highest BCUT2D eigenvalue weighted by Crippen LogP contribution is 2.35. The maximum atomic E-state index is 14.1. The van der Waals surface area contributed by atoms with Crippen LogP contribution in [0.3, 0.4) is 0 Å². The van der Waals surface area contributed by atoms with Crippen LogP contribution in [-0.4, -0.2) is 78.7 Å². The SMILES string of the molecule is CCCCCCCCCCCCCC(=O)O[C@H]1[C@H](O)[C@@H](CO)O[C@H](OCCOP(c2ccccc2)c2ccccc2)[C@H]1NC(=O)C[C@@H](CCCCCCCCCCC)OCc1ccccc1. The second-order valence-corrected chi connectivity index (χ2v) is 19.8. The van der Waals surface area contributed by atoms with Crippen molar-refractivity contribution in [2.75, 3.05) is 19.8 Å². The average Bonchev–Trinajstić information content (AvgIpc) is 3.34. The van der Waals surface area contributed by atoms with Gasteiger partial charge in [-0.05, 0) is 18.4 Å². The molecule has 1 fully saturated rings. The lowest BCUT2D eigenvalue weighted by atomic mass is 9.96. The second-order valence-electron chi connectivity index (χ2n) is 18.0. The number of carbonyl (C=O) groups excluding carboxylic acids is 2. The minimum Gasteiger partial charge on any atom is -0.457 e. The van der Waals surface area contributed by atoms with Gasteiger partial charge in [0.1, 0.15) is 18.2 Å². The maximum absolute atomic E-state index is 14.1. The van der Waals surface area contributed by atoms with Crippen LogP contribution < -0.4 is 15.9 Å². The van der Waals surface area contributed by atoms with E-state index >= 15 is 0 Å². The van der Waals surface area contributed by atoms with E-state index in [0.29, 0.717) is 19.4 Å². The van der Waals surface area contributed by atoms with Crippen LogP contribution in [-0.2, 0) is 39.7 Å². The Morgan fingerprint density at radius 3 is 1.70 bits per heavy atom. The molecule has 4 rings (SSSR count). The van der Waals surface area contributed by atoms with Gasteiger partial charge in [-0.25, -0.2) is 0 Å². The number of esters is 1. The molecule has 0 aliphatic carbocycles. The molecule has 3 aromatic rings. The van der Waals surface area contributed by atoms with E-state index < -0.39 is 51.4 Å². The molecule has 0 aromatic heterocycles. The zero-order valence-electron chi connectivity index (χ0n) is 40.4. The normalized spacial score (nSPS) is 18.9. The van der Waals surface area contributed by atoms with Crippen LogP contribution in [0.5, 0.6) is 0 Å². The Morgan fingerprint density at radius 2 is 1.17 bits per heavy atom. The quantitative estimate of drug-likeness (QED) is 0.0294. The van der Waals surface area contributed by atoms with E-state index in [1.807, 2.05) is 91.0 Å². The summed E-state index contributed by atoms with van der Waals surface area (Å²) >= 11 is 0. The van der Waals surface area contributed by atoms with Crippen LogP contribution in [0.25, 0.3) is 0 Å². The van der Waals surface area contributed by atoms with Crippen molar-refractivity contribution in [1.29, 1.82) is 0 Å². The number of rotatable bonds is 37. The summed E-state index contributed by atoms with van der Waals surface area (Å²) in [6, 6.07) is 29.0. The molecular formula is C55H84NO9P. The number of nitrogens with one attached hydrogen (secondary N) is 1. The lowest BCUT2D eigenvalue weighted by Crippen LogP contribution is -2.66. The van der Waals surface area contributed by atoms with E-state index in [-0.39, 0.29) is 38.1 Å². The van der Waals surface area contributed by atoms with Gasteiger partial charge in [0.2, 0.25) is 5.91 Å². The van der Waals surface area contributed by atoms with Crippen molar-refractivity contribution in [2.24, 2.45) is 0 Å². The standard InChI is InChI=1S/C55H84NO9P/c1-3-5-7-9-11-13-14-16-18-20-31-39-51(59)65-54-52(56-50(58)42-46(62-44-45-32-24-21-25-33-45)34-26-19-17-15-12-10-8-6-4-2)55(64-49(43-57)53(54)60)61-40-41-63-66(47-35-27-22-28-36-47)48-37-29-23-30-38-48/h21-25,27-30,32-33,35-38,46,49,52-55,57,60H,3-20,26,31,34,39-44H2,1-2H3,(H,56,58)/t46-,49-,52+,53-,54-,55+/m1/s1. The summed E-state index contributed by atoms with van der Waals surface area (Å²) in [7, 11) is -1.16. The van der Waals surface area contributed by atoms with Crippen molar-refractivity contribution in [3.8, 4) is 0 Å². The first-order chi connectivity index (χ1) is 32.4. The second kappa shape index (κ2) is 35.0. The maximum Gasteiger partial charge on any atom is 0.306 e. The van der Waals surface area contributed by atoms with E-state index in [0.717, 1.165) is 54.7 Å². The molecule has 0 bridgehead atoms. The Kier molecular flexibility index (Phi) is 29.4. The first-order valence-corrected chi connectivity index (χ1v) is 26.9. The first-order valence-electron chi connectivity index (χ1n) is 25.7. The van der Waals surface area contributed by atoms with Gasteiger partial charge in [-0.1, -0.05) is 227 Å². The number of hydrogen-bond acceptors (Lipinski definition) is 9. The summed E-state index contributed by atoms with van der Waals surface area (Å²) in [6.45, 7) is 4.58. The predicted molar refractivity (Wildman–Crippen MR) is 267 cm³/mol. The van der Waals surface area contributed by atoms with Gasteiger partial charge in [0.15, 0.2) is 12.4 Å². The minimum absolute atomic E-state index is 0.0631. The van der Waals surface area contributed by atoms with Gasteiger partial charge in [0.05, 0.1) is 47.1 Å². The van der Waals surface area contributed by atoms with E-state index in [2.05, 4.69) is 19.2 Å². The molecule has 1 amide bonds. The van der Waals surface area contributed by atoms with Crippen molar-refractivity contribution in [2.45, 2.75) is 205 Å². The van der Waals surface area contributed by atoms with Gasteiger partial charge in [-0.2, -0.15) is 0 Å². The topological polar surface area (TPSA) is 133 Å². The highest BCUT2D eigenvalue weighted by atomic mass is 31.1. The van der Waals surface area contributed by atoms with Crippen LogP contribution in [0.1, 0.15) is 167 Å². The van der Waals surface area contributed by atoms with Gasteiger partial charge in [0.25, 0.3) is 0 Å². The average molecular weight is 934 g/mol. The lowest BCUT2D eigenvalue weighted by Gasteiger charge is -2.43. The van der Waals surface area contributed by atoms with Crippen molar-refractivity contribution in [3.05, 3.63) is 96.6 Å².